The van der Waals surface area contributed by atoms with E-state index in [0.29, 0.717) is 54.0 Å². The summed E-state index contributed by atoms with van der Waals surface area (Å²) in [5, 5.41) is 15.9. The molecule has 0 radical (unpaired) electrons. The molecule has 0 saturated carbocycles. The number of anilines is 4. The van der Waals surface area contributed by atoms with Crippen molar-refractivity contribution in [2.45, 2.75) is 43.9 Å². The number of fused-ring (bicyclic) bond motifs is 1. The lowest BCUT2D eigenvalue weighted by molar-refractivity contribution is -0.114. The molecule has 39 heavy (non-hydrogen) atoms. The number of pyridine rings is 3. The first-order chi connectivity index (χ1) is 18.2. The minimum Gasteiger partial charge on any atom is -0.479 e. The third kappa shape index (κ3) is 5.88. The molecule has 3 aromatic heterocycles. The van der Waals surface area contributed by atoms with Gasteiger partial charge in [-0.15, -0.1) is 0 Å². The molecule has 1 amide bonds. The normalized spacial score (nSPS) is 17.2. The van der Waals surface area contributed by atoms with Crippen LogP contribution in [-0.2, 0) is 14.6 Å². The number of hydrogen-bond donors (Lipinski definition) is 3. The molecular formula is C26H30N6O6S. The molecule has 0 spiro atoms. The summed E-state index contributed by atoms with van der Waals surface area (Å²) in [7, 11) is -3.65. The van der Waals surface area contributed by atoms with Crippen LogP contribution < -0.4 is 25.0 Å². The molecule has 1 fully saturated rings. The molecule has 3 aromatic rings. The van der Waals surface area contributed by atoms with Crippen LogP contribution in [0.4, 0.5) is 23.0 Å². The molecule has 3 N–H and O–H groups in total. The van der Waals surface area contributed by atoms with Crippen molar-refractivity contribution in [2.24, 2.45) is 0 Å². The SMILES string of the molecule is CC(=O)Nc1cc(Nc2cc(N3CC(C)(O)C3)cc(S(C)(=O)=O)n2)c(-c2ccc3c(n2)OCC(C)(C)O3)cn1. The highest BCUT2D eigenvalue weighted by Gasteiger charge is 2.37. The van der Waals surface area contributed by atoms with Crippen molar-refractivity contribution in [3.63, 3.8) is 0 Å². The second kappa shape index (κ2) is 9.35. The Balaban J connectivity index is 1.56. The molecule has 206 valence electrons. The second-order valence-corrected chi connectivity index (χ2v) is 12.7. The third-order valence-electron chi connectivity index (χ3n) is 6.11. The van der Waals surface area contributed by atoms with Gasteiger partial charge in [-0.05, 0) is 39.0 Å². The van der Waals surface area contributed by atoms with E-state index in [4.69, 9.17) is 9.47 Å². The van der Waals surface area contributed by atoms with Crippen LogP contribution in [-0.4, -0.2) is 71.5 Å². The molecule has 2 aliphatic rings. The van der Waals surface area contributed by atoms with E-state index in [2.05, 4.69) is 25.6 Å². The maximum Gasteiger partial charge on any atom is 0.257 e. The fourth-order valence-electron chi connectivity index (χ4n) is 4.36. The highest BCUT2D eigenvalue weighted by Crippen LogP contribution is 2.38. The van der Waals surface area contributed by atoms with Crippen molar-refractivity contribution >= 4 is 38.8 Å². The molecule has 5 rings (SSSR count). The number of carbonyl (C=O) groups excluding carboxylic acids is 1. The lowest BCUT2D eigenvalue weighted by Crippen LogP contribution is -2.60. The van der Waals surface area contributed by atoms with E-state index in [1.165, 1.54) is 13.0 Å². The summed E-state index contributed by atoms with van der Waals surface area (Å²) >= 11 is 0. The zero-order chi connectivity index (χ0) is 28.2. The van der Waals surface area contributed by atoms with Gasteiger partial charge >= 0.3 is 0 Å². The highest BCUT2D eigenvalue weighted by molar-refractivity contribution is 7.90. The van der Waals surface area contributed by atoms with E-state index in [1.54, 1.807) is 37.4 Å². The van der Waals surface area contributed by atoms with E-state index in [0.717, 1.165) is 6.26 Å². The van der Waals surface area contributed by atoms with Crippen LogP contribution in [0.25, 0.3) is 11.3 Å². The van der Waals surface area contributed by atoms with Gasteiger partial charge in [-0.2, -0.15) is 0 Å². The average Bonchev–Trinajstić information content (AvgIpc) is 2.81. The summed E-state index contributed by atoms with van der Waals surface area (Å²) in [6.07, 6.45) is 2.63. The summed E-state index contributed by atoms with van der Waals surface area (Å²) in [5.74, 6) is 1.09. The molecule has 1 saturated heterocycles. The van der Waals surface area contributed by atoms with Crippen LogP contribution in [0, 0.1) is 0 Å². The van der Waals surface area contributed by atoms with Gasteiger partial charge in [0.25, 0.3) is 5.88 Å². The maximum atomic E-state index is 12.4. The molecule has 12 nitrogen and oxygen atoms in total. The van der Waals surface area contributed by atoms with Gasteiger partial charge in [0.1, 0.15) is 23.8 Å². The topological polar surface area (TPSA) is 156 Å². The number of carbonyl (C=O) groups is 1. The number of amides is 1. The van der Waals surface area contributed by atoms with Gasteiger partial charge in [-0.1, -0.05) is 0 Å². The molecule has 0 unspecified atom stereocenters. The number of β-amino-alcohol motifs (C(OH)–C–C–N with tert-alkyl or cyclic N) is 1. The van der Waals surface area contributed by atoms with Gasteiger partial charge in [0.05, 0.1) is 17.0 Å². The van der Waals surface area contributed by atoms with Gasteiger partial charge < -0.3 is 30.1 Å². The zero-order valence-electron chi connectivity index (χ0n) is 22.3. The molecule has 0 aliphatic carbocycles. The fraction of sp³-hybridized carbons (Fsp3) is 0.385. The van der Waals surface area contributed by atoms with Crippen LogP contribution >= 0.6 is 0 Å². The van der Waals surface area contributed by atoms with Gasteiger partial charge in [-0.25, -0.2) is 23.4 Å². The van der Waals surface area contributed by atoms with Crippen LogP contribution in [0.15, 0.2) is 41.6 Å². The van der Waals surface area contributed by atoms with E-state index in [-0.39, 0.29) is 22.6 Å². The molecule has 0 bridgehead atoms. The van der Waals surface area contributed by atoms with Crippen molar-refractivity contribution in [1.82, 2.24) is 15.0 Å². The van der Waals surface area contributed by atoms with E-state index in [1.807, 2.05) is 18.7 Å². The van der Waals surface area contributed by atoms with Gasteiger partial charge in [-0.3, -0.25) is 4.79 Å². The Labute approximate surface area is 226 Å². The Morgan fingerprint density at radius 1 is 1.10 bits per heavy atom. The molecular weight excluding hydrogens is 524 g/mol. The minimum atomic E-state index is -3.65. The smallest absolute Gasteiger partial charge is 0.257 e. The average molecular weight is 555 g/mol. The van der Waals surface area contributed by atoms with E-state index in [9.17, 15) is 18.3 Å². The fourth-order valence-corrected chi connectivity index (χ4v) is 4.96. The number of nitrogens with zero attached hydrogens (tertiary/aromatic N) is 4. The Hall–Kier alpha value is -3.97. The van der Waals surface area contributed by atoms with E-state index < -0.39 is 21.0 Å². The van der Waals surface area contributed by atoms with E-state index >= 15 is 0 Å². The molecule has 2 aliphatic heterocycles. The van der Waals surface area contributed by atoms with Crippen LogP contribution in [0.1, 0.15) is 27.7 Å². The Bertz CT molecular complexity index is 1570. The molecule has 0 atom stereocenters. The summed E-state index contributed by atoms with van der Waals surface area (Å²) in [5.41, 5.74) is 0.796. The number of sulfone groups is 1. The number of ether oxygens (including phenoxy) is 2. The summed E-state index contributed by atoms with van der Waals surface area (Å²) in [6, 6.07) is 8.32. The number of aromatic nitrogens is 3. The Morgan fingerprint density at radius 3 is 2.51 bits per heavy atom. The van der Waals surface area contributed by atoms with Crippen molar-refractivity contribution in [3.05, 3.63) is 36.5 Å². The van der Waals surface area contributed by atoms with Crippen LogP contribution in [0.2, 0.25) is 0 Å². The standard InChI is InChI=1S/C26H30N6O6S/c1-15(33)28-21-10-19(17(11-27-21)18-6-7-20-24(30-18)37-14-25(2,3)38-20)29-22-8-16(32-12-26(4,34)13-32)9-23(31-22)39(5,35)36/h6-11,34H,12-14H2,1-5H3,(H2,27,28,29,31,33). The lowest BCUT2D eigenvalue weighted by atomic mass is 9.96. The molecule has 0 aromatic carbocycles. The number of aliphatic hydroxyl groups is 1. The Morgan fingerprint density at radius 2 is 1.85 bits per heavy atom. The molecule has 5 heterocycles. The summed E-state index contributed by atoms with van der Waals surface area (Å²) in [4.78, 5) is 26.8. The number of nitrogens with one attached hydrogen (secondary N) is 2. The van der Waals surface area contributed by atoms with Crippen molar-refractivity contribution in [2.75, 3.05) is 41.5 Å². The lowest BCUT2D eigenvalue weighted by Gasteiger charge is -2.45. The summed E-state index contributed by atoms with van der Waals surface area (Å²) < 4.78 is 36.7. The van der Waals surface area contributed by atoms with Gasteiger partial charge in [0.2, 0.25) is 5.91 Å². The largest absolute Gasteiger partial charge is 0.479 e. The van der Waals surface area contributed by atoms with Crippen molar-refractivity contribution in [3.8, 4) is 22.9 Å². The second-order valence-electron chi connectivity index (χ2n) is 10.7. The van der Waals surface area contributed by atoms with Gasteiger partial charge in [0.15, 0.2) is 20.6 Å². The van der Waals surface area contributed by atoms with Crippen LogP contribution in [0.3, 0.4) is 0 Å². The predicted octanol–water partition coefficient (Wildman–Crippen LogP) is 2.76. The summed E-state index contributed by atoms with van der Waals surface area (Å²) in [6.45, 7) is 7.96. The van der Waals surface area contributed by atoms with Crippen molar-refractivity contribution in [1.29, 1.82) is 0 Å². The molecule has 13 heteroatoms. The van der Waals surface area contributed by atoms with Crippen LogP contribution in [0.5, 0.6) is 11.6 Å². The zero-order valence-corrected chi connectivity index (χ0v) is 23.1. The first kappa shape index (κ1) is 26.6. The minimum absolute atomic E-state index is 0.119. The monoisotopic (exact) mass is 554 g/mol. The maximum absolute atomic E-state index is 12.4. The predicted molar refractivity (Wildman–Crippen MR) is 145 cm³/mol. The number of rotatable bonds is 6. The Kier molecular flexibility index (Phi) is 6.38. The first-order valence-electron chi connectivity index (χ1n) is 12.2. The number of hydrogen-bond acceptors (Lipinski definition) is 11. The quantitative estimate of drug-likeness (QED) is 0.412. The third-order valence-corrected chi connectivity index (χ3v) is 7.08. The van der Waals surface area contributed by atoms with Gasteiger partial charge in [0, 0.05) is 55.8 Å². The first-order valence-corrected chi connectivity index (χ1v) is 14.1. The highest BCUT2D eigenvalue weighted by atomic mass is 32.2. The van der Waals surface area contributed by atoms with Crippen molar-refractivity contribution < 1.29 is 27.8 Å².